The fourth-order valence-electron chi connectivity index (χ4n) is 2.81. The summed E-state index contributed by atoms with van der Waals surface area (Å²) in [6.45, 7) is 3.94. The molecule has 0 bridgehead atoms. The summed E-state index contributed by atoms with van der Waals surface area (Å²) in [5, 5.41) is 0. The van der Waals surface area contributed by atoms with Crippen molar-refractivity contribution in [1.82, 2.24) is 0 Å². The van der Waals surface area contributed by atoms with Gasteiger partial charge in [-0.3, -0.25) is 0 Å². The molecule has 1 atom stereocenters. The van der Waals surface area contributed by atoms with Crippen molar-refractivity contribution in [2.24, 2.45) is 0 Å². The predicted molar refractivity (Wildman–Crippen MR) is 74.1 cm³/mol. The van der Waals surface area contributed by atoms with Crippen LogP contribution in [0.3, 0.4) is 0 Å². The quantitative estimate of drug-likeness (QED) is 0.763. The fraction of sp³-hybridized carbons (Fsp3) is 0.235. The zero-order chi connectivity index (χ0) is 13.5. The van der Waals surface area contributed by atoms with Crippen molar-refractivity contribution in [1.29, 1.82) is 0 Å². The first-order valence-electron chi connectivity index (χ1n) is 6.47. The van der Waals surface area contributed by atoms with Gasteiger partial charge in [0.1, 0.15) is 5.60 Å². The van der Waals surface area contributed by atoms with Crippen LogP contribution in [-0.2, 0) is 16.8 Å². The zero-order valence-electron chi connectivity index (χ0n) is 11.1. The van der Waals surface area contributed by atoms with Gasteiger partial charge in [-0.05, 0) is 25.0 Å². The minimum absolute atomic E-state index is 0.202. The third-order valence-corrected chi connectivity index (χ3v) is 3.75. The molecule has 0 saturated carbocycles. The fourth-order valence-corrected chi connectivity index (χ4v) is 2.81. The van der Waals surface area contributed by atoms with E-state index in [0.29, 0.717) is 6.42 Å². The number of aryl methyl sites for hydroxylation is 1. The number of ether oxygens (including phenoxy) is 1. The lowest BCUT2D eigenvalue weighted by Gasteiger charge is -2.24. The van der Waals surface area contributed by atoms with E-state index in [2.05, 4.69) is 12.1 Å². The van der Waals surface area contributed by atoms with Gasteiger partial charge in [-0.25, -0.2) is 4.79 Å². The first-order chi connectivity index (χ1) is 9.10. The van der Waals surface area contributed by atoms with Crippen LogP contribution >= 0.6 is 0 Å². The predicted octanol–water partition coefficient (Wildman–Crippen LogP) is 3.62. The molecule has 0 aliphatic carbocycles. The molecule has 2 nitrogen and oxygen atoms in total. The highest BCUT2D eigenvalue weighted by Crippen LogP contribution is 2.39. The molecule has 2 aromatic rings. The average Bonchev–Trinajstić information content (AvgIpc) is 2.63. The number of carbonyl (C=O) groups excluding carboxylic acids is 1. The highest BCUT2D eigenvalue weighted by molar-refractivity contribution is 5.96. The van der Waals surface area contributed by atoms with Crippen molar-refractivity contribution in [2.75, 3.05) is 0 Å². The molecule has 1 aliphatic heterocycles. The lowest BCUT2D eigenvalue weighted by Crippen LogP contribution is -2.24. The van der Waals surface area contributed by atoms with Crippen molar-refractivity contribution in [3.63, 3.8) is 0 Å². The molecule has 0 fully saturated rings. The van der Waals surface area contributed by atoms with Gasteiger partial charge in [0, 0.05) is 12.0 Å². The van der Waals surface area contributed by atoms with E-state index in [1.807, 2.05) is 50.2 Å². The summed E-state index contributed by atoms with van der Waals surface area (Å²) in [6.07, 6.45) is 0.704. The van der Waals surface area contributed by atoms with Crippen molar-refractivity contribution in [2.45, 2.75) is 25.9 Å². The van der Waals surface area contributed by atoms with Crippen LogP contribution in [0.5, 0.6) is 0 Å². The van der Waals surface area contributed by atoms with Gasteiger partial charge in [0.2, 0.25) is 0 Å². The van der Waals surface area contributed by atoms with E-state index in [1.54, 1.807) is 0 Å². The summed E-state index contributed by atoms with van der Waals surface area (Å²) in [5.41, 5.74) is 3.34. The van der Waals surface area contributed by atoms with Crippen LogP contribution in [0.25, 0.3) is 0 Å². The number of cyclic esters (lactones) is 1. The van der Waals surface area contributed by atoms with E-state index in [0.717, 1.165) is 16.7 Å². The van der Waals surface area contributed by atoms with Crippen molar-refractivity contribution in [3.8, 4) is 0 Å². The number of rotatable bonds is 2. The number of benzene rings is 2. The Hall–Kier alpha value is -2.09. The molecule has 1 aliphatic rings. The largest absolute Gasteiger partial charge is 0.450 e. The first-order valence-corrected chi connectivity index (χ1v) is 6.47. The number of carbonyl (C=O) groups is 1. The smallest absolute Gasteiger partial charge is 0.339 e. The second-order valence-electron chi connectivity index (χ2n) is 5.28. The number of hydrogen-bond donors (Lipinski definition) is 0. The maximum Gasteiger partial charge on any atom is 0.339 e. The van der Waals surface area contributed by atoms with Crippen LogP contribution in [0.4, 0.5) is 0 Å². The minimum atomic E-state index is -0.556. The molecule has 0 radical (unpaired) electrons. The van der Waals surface area contributed by atoms with Gasteiger partial charge < -0.3 is 4.74 Å². The Morgan fingerprint density at radius 2 is 1.79 bits per heavy atom. The Balaban J connectivity index is 2.04. The molecule has 3 rings (SSSR count). The number of hydrogen-bond acceptors (Lipinski definition) is 2. The Bertz CT molecular complexity index is 631. The Kier molecular flexibility index (Phi) is 2.67. The van der Waals surface area contributed by atoms with Crippen LogP contribution < -0.4 is 0 Å². The van der Waals surface area contributed by atoms with E-state index in [-0.39, 0.29) is 5.97 Å². The summed E-state index contributed by atoms with van der Waals surface area (Å²) < 4.78 is 5.67. The Morgan fingerprint density at radius 1 is 1.05 bits per heavy atom. The van der Waals surface area contributed by atoms with E-state index in [1.165, 1.54) is 5.56 Å². The van der Waals surface area contributed by atoms with Gasteiger partial charge in [-0.15, -0.1) is 0 Å². The SMILES string of the molecule is Cc1cccc2c1C(=O)OC2(C)Cc1ccccc1. The van der Waals surface area contributed by atoms with Gasteiger partial charge in [-0.1, -0.05) is 48.5 Å². The molecular weight excluding hydrogens is 236 g/mol. The monoisotopic (exact) mass is 252 g/mol. The Morgan fingerprint density at radius 3 is 2.53 bits per heavy atom. The highest BCUT2D eigenvalue weighted by atomic mass is 16.6. The normalized spacial score (nSPS) is 21.1. The van der Waals surface area contributed by atoms with Crippen LogP contribution in [0, 0.1) is 6.92 Å². The molecule has 19 heavy (non-hydrogen) atoms. The molecule has 1 unspecified atom stereocenters. The van der Waals surface area contributed by atoms with Crippen LogP contribution in [0.15, 0.2) is 48.5 Å². The molecule has 0 aromatic heterocycles. The van der Waals surface area contributed by atoms with E-state index in [4.69, 9.17) is 4.74 Å². The third kappa shape index (κ3) is 1.93. The maximum absolute atomic E-state index is 12.1. The minimum Gasteiger partial charge on any atom is -0.450 e. The Labute approximate surface area is 113 Å². The molecule has 2 aromatic carbocycles. The van der Waals surface area contributed by atoms with Crippen molar-refractivity contribution in [3.05, 3.63) is 70.8 Å². The zero-order valence-corrected chi connectivity index (χ0v) is 11.1. The van der Waals surface area contributed by atoms with E-state index >= 15 is 0 Å². The highest BCUT2D eigenvalue weighted by Gasteiger charge is 2.42. The van der Waals surface area contributed by atoms with E-state index in [9.17, 15) is 4.79 Å². The van der Waals surface area contributed by atoms with Gasteiger partial charge in [0.25, 0.3) is 0 Å². The second kappa shape index (κ2) is 4.23. The molecule has 96 valence electrons. The lowest BCUT2D eigenvalue weighted by atomic mass is 9.87. The van der Waals surface area contributed by atoms with Gasteiger partial charge in [0.15, 0.2) is 0 Å². The number of fused-ring (bicyclic) bond motifs is 1. The third-order valence-electron chi connectivity index (χ3n) is 3.75. The summed E-state index contributed by atoms with van der Waals surface area (Å²) in [5.74, 6) is -0.202. The van der Waals surface area contributed by atoms with Gasteiger partial charge in [-0.2, -0.15) is 0 Å². The summed E-state index contributed by atoms with van der Waals surface area (Å²) in [7, 11) is 0. The van der Waals surface area contributed by atoms with E-state index < -0.39 is 5.60 Å². The maximum atomic E-state index is 12.1. The average molecular weight is 252 g/mol. The van der Waals surface area contributed by atoms with Crippen molar-refractivity contribution >= 4 is 5.97 Å². The topological polar surface area (TPSA) is 26.3 Å². The molecule has 0 saturated heterocycles. The summed E-state index contributed by atoms with van der Waals surface area (Å²) in [6, 6.07) is 16.1. The van der Waals surface area contributed by atoms with Crippen LogP contribution in [0.2, 0.25) is 0 Å². The summed E-state index contributed by atoms with van der Waals surface area (Å²) >= 11 is 0. The first kappa shape index (κ1) is 12.0. The molecule has 0 amide bonds. The van der Waals surface area contributed by atoms with Gasteiger partial charge in [0.05, 0.1) is 5.56 Å². The standard InChI is InChI=1S/C17H16O2/c1-12-7-6-10-14-15(12)16(18)19-17(14,2)11-13-8-4-3-5-9-13/h3-10H,11H2,1-2H3. The molecule has 2 heteroatoms. The van der Waals surface area contributed by atoms with Crippen LogP contribution in [0.1, 0.15) is 34.0 Å². The molecule has 0 N–H and O–H groups in total. The van der Waals surface area contributed by atoms with Crippen LogP contribution in [-0.4, -0.2) is 5.97 Å². The lowest BCUT2D eigenvalue weighted by molar-refractivity contribution is 0.00117. The molecular formula is C17H16O2. The van der Waals surface area contributed by atoms with Crippen molar-refractivity contribution < 1.29 is 9.53 Å². The summed E-state index contributed by atoms with van der Waals surface area (Å²) in [4.78, 5) is 12.1. The molecule has 1 heterocycles. The second-order valence-corrected chi connectivity index (χ2v) is 5.28. The molecule has 0 spiro atoms. The van der Waals surface area contributed by atoms with Gasteiger partial charge >= 0.3 is 5.97 Å². The number of esters is 1.